The van der Waals surface area contributed by atoms with Crippen LogP contribution in [0.1, 0.15) is 52.1 Å². The zero-order chi connectivity index (χ0) is 25.8. The van der Waals surface area contributed by atoms with Gasteiger partial charge in [-0.1, -0.05) is 0 Å². The van der Waals surface area contributed by atoms with Crippen LogP contribution in [-0.4, -0.2) is 65.0 Å². The highest BCUT2D eigenvalue weighted by molar-refractivity contribution is 5.95. The summed E-state index contributed by atoms with van der Waals surface area (Å²) in [6.07, 6.45) is 6.15. The number of hydrogen-bond donors (Lipinski definition) is 2. The fourth-order valence-corrected chi connectivity index (χ4v) is 4.94. The average molecular weight is 505 g/mol. The highest BCUT2D eigenvalue weighted by Crippen LogP contribution is 2.26. The van der Waals surface area contributed by atoms with Gasteiger partial charge in [0.25, 0.3) is 11.8 Å². The first-order valence-electron chi connectivity index (χ1n) is 12.7. The Hall–Kier alpha value is -3.92. The van der Waals surface area contributed by atoms with E-state index in [0.717, 1.165) is 69.1 Å². The quantitative estimate of drug-likeness (QED) is 0.507. The number of aromatic nitrogens is 3. The molecule has 2 amide bonds. The molecule has 2 fully saturated rings. The molecule has 10 heteroatoms. The van der Waals surface area contributed by atoms with Crippen molar-refractivity contribution < 1.29 is 19.1 Å². The summed E-state index contributed by atoms with van der Waals surface area (Å²) in [4.78, 5) is 31.1. The van der Waals surface area contributed by atoms with Crippen LogP contribution in [0.4, 0.5) is 5.69 Å². The molecule has 3 aromatic rings. The number of pyridine rings is 1. The van der Waals surface area contributed by atoms with Gasteiger partial charge < -0.3 is 25.4 Å². The molecule has 10 nitrogen and oxygen atoms in total. The first kappa shape index (κ1) is 24.8. The van der Waals surface area contributed by atoms with Gasteiger partial charge in [0, 0.05) is 31.0 Å². The number of benzene rings is 1. The molecular weight excluding hydrogens is 472 g/mol. The van der Waals surface area contributed by atoms with Crippen molar-refractivity contribution in [3.63, 3.8) is 0 Å². The zero-order valence-corrected chi connectivity index (χ0v) is 20.9. The Labute approximate surface area is 215 Å². The van der Waals surface area contributed by atoms with E-state index in [2.05, 4.69) is 32.4 Å². The number of rotatable bonds is 7. The number of nitrogens with two attached hydrogens (primary N) is 1. The molecule has 37 heavy (non-hydrogen) atoms. The highest BCUT2D eigenvalue weighted by atomic mass is 16.5. The number of amides is 2. The lowest BCUT2D eigenvalue weighted by Crippen LogP contribution is -2.40. The van der Waals surface area contributed by atoms with Crippen LogP contribution in [-0.2, 0) is 4.74 Å². The number of nitrogens with zero attached hydrogens (tertiary/aromatic N) is 4. The van der Waals surface area contributed by atoms with Gasteiger partial charge in [-0.25, -0.2) is 9.67 Å². The molecule has 0 bridgehead atoms. The lowest BCUT2D eigenvalue weighted by atomic mass is 9.92. The summed E-state index contributed by atoms with van der Waals surface area (Å²) < 4.78 is 13.2. The number of primary amides is 1. The average Bonchev–Trinajstić information content (AvgIpc) is 3.32. The van der Waals surface area contributed by atoms with Gasteiger partial charge in [0.1, 0.15) is 11.7 Å². The topological polar surface area (TPSA) is 125 Å². The van der Waals surface area contributed by atoms with Gasteiger partial charge in [-0.2, -0.15) is 5.10 Å². The lowest BCUT2D eigenvalue weighted by molar-refractivity contribution is 0.0880. The maximum atomic E-state index is 13.1. The van der Waals surface area contributed by atoms with Crippen molar-refractivity contribution in [3.05, 3.63) is 65.6 Å². The summed E-state index contributed by atoms with van der Waals surface area (Å²) in [6.45, 7) is 5.17. The number of anilines is 1. The maximum absolute atomic E-state index is 13.1. The maximum Gasteiger partial charge on any atom is 0.254 e. The van der Waals surface area contributed by atoms with E-state index in [1.165, 1.54) is 0 Å². The molecule has 2 aromatic heterocycles. The van der Waals surface area contributed by atoms with Crippen LogP contribution in [0.25, 0.3) is 5.69 Å². The van der Waals surface area contributed by atoms with Crippen LogP contribution in [0.15, 0.2) is 48.8 Å². The molecule has 194 valence electrons. The van der Waals surface area contributed by atoms with Crippen molar-refractivity contribution in [1.29, 1.82) is 0 Å². The number of ether oxygens (including phenoxy) is 2. The molecule has 0 spiro atoms. The SMILES string of the molecule is Cc1c(C(=O)NC2CCC(Oc3ncccc3C(N)=O)CC2)cnn1-c1ccc(N2CCOCC2)cc1. The molecule has 1 saturated carbocycles. The van der Waals surface area contributed by atoms with Crippen LogP contribution < -0.4 is 20.7 Å². The van der Waals surface area contributed by atoms with Gasteiger partial charge in [0.15, 0.2) is 0 Å². The third kappa shape index (κ3) is 5.59. The Morgan fingerprint density at radius 2 is 1.73 bits per heavy atom. The van der Waals surface area contributed by atoms with Crippen molar-refractivity contribution in [3.8, 4) is 11.6 Å². The predicted octanol–water partition coefficient (Wildman–Crippen LogP) is 2.63. The van der Waals surface area contributed by atoms with E-state index < -0.39 is 5.91 Å². The fraction of sp³-hybridized carbons (Fsp3) is 0.407. The number of morpholine rings is 1. The van der Waals surface area contributed by atoms with Crippen molar-refractivity contribution in [2.75, 3.05) is 31.2 Å². The van der Waals surface area contributed by atoms with Crippen LogP contribution in [0, 0.1) is 6.92 Å². The Bertz CT molecular complexity index is 1240. The number of hydrogen-bond acceptors (Lipinski definition) is 7. The third-order valence-corrected chi connectivity index (χ3v) is 7.05. The highest BCUT2D eigenvalue weighted by Gasteiger charge is 2.26. The van der Waals surface area contributed by atoms with Gasteiger partial charge in [-0.3, -0.25) is 9.59 Å². The summed E-state index contributed by atoms with van der Waals surface area (Å²) in [5.41, 5.74) is 9.13. The first-order chi connectivity index (χ1) is 18.0. The van der Waals surface area contributed by atoms with Gasteiger partial charge >= 0.3 is 0 Å². The first-order valence-corrected chi connectivity index (χ1v) is 12.7. The van der Waals surface area contributed by atoms with E-state index in [4.69, 9.17) is 15.2 Å². The van der Waals surface area contributed by atoms with Crippen molar-refractivity contribution in [1.82, 2.24) is 20.1 Å². The third-order valence-electron chi connectivity index (χ3n) is 7.05. The Balaban J connectivity index is 1.16. The minimum atomic E-state index is -0.562. The molecule has 3 N–H and O–H groups in total. The minimum absolute atomic E-state index is 0.0437. The monoisotopic (exact) mass is 504 g/mol. The zero-order valence-electron chi connectivity index (χ0n) is 20.9. The predicted molar refractivity (Wildman–Crippen MR) is 138 cm³/mol. The van der Waals surface area contributed by atoms with Crippen LogP contribution in [0.5, 0.6) is 5.88 Å². The van der Waals surface area contributed by atoms with E-state index in [0.29, 0.717) is 5.56 Å². The normalized spacial score (nSPS) is 19.9. The lowest BCUT2D eigenvalue weighted by Gasteiger charge is -2.29. The van der Waals surface area contributed by atoms with Gasteiger partial charge in [-0.15, -0.1) is 0 Å². The van der Waals surface area contributed by atoms with E-state index in [-0.39, 0.29) is 29.5 Å². The van der Waals surface area contributed by atoms with E-state index in [1.807, 2.05) is 19.1 Å². The number of carbonyl (C=O) groups excluding carboxylic acids is 2. The molecule has 1 aliphatic carbocycles. The largest absolute Gasteiger partial charge is 0.474 e. The molecule has 2 aliphatic rings. The summed E-state index contributed by atoms with van der Waals surface area (Å²) in [5, 5.41) is 7.63. The molecular formula is C27H32N6O4. The molecule has 0 unspecified atom stereocenters. The van der Waals surface area contributed by atoms with Crippen molar-refractivity contribution in [2.24, 2.45) is 5.73 Å². The van der Waals surface area contributed by atoms with Crippen molar-refractivity contribution in [2.45, 2.75) is 44.8 Å². The standard InChI is InChI=1S/C27H32N6O4/c1-18-24(17-30-33(18)21-8-6-20(7-9-21)32-13-15-36-16-14-32)26(35)31-19-4-10-22(11-5-19)37-27-23(25(28)34)3-2-12-29-27/h2-3,6-9,12,17,19,22H,4-5,10-11,13-16H2,1H3,(H2,28,34)(H,31,35). The summed E-state index contributed by atoms with van der Waals surface area (Å²) in [5.74, 6) is -0.421. The second-order valence-electron chi connectivity index (χ2n) is 9.46. The molecule has 1 saturated heterocycles. The van der Waals surface area contributed by atoms with E-state index in [1.54, 1.807) is 29.2 Å². The second kappa shape index (κ2) is 11.0. The van der Waals surface area contributed by atoms with Gasteiger partial charge in [0.2, 0.25) is 5.88 Å². The molecule has 3 heterocycles. The van der Waals surface area contributed by atoms with Crippen LogP contribution >= 0.6 is 0 Å². The van der Waals surface area contributed by atoms with Gasteiger partial charge in [-0.05, 0) is 69.0 Å². The van der Waals surface area contributed by atoms with Crippen LogP contribution in [0.3, 0.4) is 0 Å². The number of nitrogens with one attached hydrogen (secondary N) is 1. The summed E-state index contributed by atoms with van der Waals surface area (Å²) in [6, 6.07) is 11.5. The fourth-order valence-electron chi connectivity index (χ4n) is 4.94. The molecule has 1 aromatic carbocycles. The molecule has 5 rings (SSSR count). The Morgan fingerprint density at radius 1 is 1.03 bits per heavy atom. The molecule has 0 atom stereocenters. The van der Waals surface area contributed by atoms with E-state index in [9.17, 15) is 9.59 Å². The van der Waals surface area contributed by atoms with Crippen LogP contribution in [0.2, 0.25) is 0 Å². The molecule has 0 radical (unpaired) electrons. The minimum Gasteiger partial charge on any atom is -0.474 e. The van der Waals surface area contributed by atoms with E-state index >= 15 is 0 Å². The Kier molecular flexibility index (Phi) is 7.36. The van der Waals surface area contributed by atoms with Gasteiger partial charge in [0.05, 0.1) is 36.4 Å². The number of carbonyl (C=O) groups is 2. The van der Waals surface area contributed by atoms with Crippen molar-refractivity contribution >= 4 is 17.5 Å². The summed E-state index contributed by atoms with van der Waals surface area (Å²) in [7, 11) is 0. The summed E-state index contributed by atoms with van der Waals surface area (Å²) >= 11 is 0. The second-order valence-corrected chi connectivity index (χ2v) is 9.46. The molecule has 1 aliphatic heterocycles. The smallest absolute Gasteiger partial charge is 0.254 e. The Morgan fingerprint density at radius 3 is 2.43 bits per heavy atom.